The molecule has 3 aromatic rings. The molecule has 0 unspecified atom stereocenters. The minimum Gasteiger partial charge on any atom is -0.382 e. The highest BCUT2D eigenvalue weighted by Gasteiger charge is 2.03. The van der Waals surface area contributed by atoms with Crippen molar-refractivity contribution in [2.24, 2.45) is 0 Å². The van der Waals surface area contributed by atoms with E-state index >= 15 is 0 Å². The number of nitrogens with one attached hydrogen (secondary N) is 1. The maximum atomic E-state index is 5.58. The maximum Gasteiger partial charge on any atom is 0.145 e. The summed E-state index contributed by atoms with van der Waals surface area (Å²) in [5.74, 6) is 0.478. The molecular formula is C11H10N6. The number of nitrogen functional groups attached to an aromatic ring is 1. The Bertz CT molecular complexity index is 625. The van der Waals surface area contributed by atoms with Crippen LogP contribution in [0, 0.1) is 0 Å². The van der Waals surface area contributed by atoms with Gasteiger partial charge in [0.05, 0.1) is 11.4 Å². The molecule has 0 atom stereocenters. The zero-order valence-corrected chi connectivity index (χ0v) is 8.91. The number of H-pyrrole nitrogens is 1. The van der Waals surface area contributed by atoms with Gasteiger partial charge in [-0.2, -0.15) is 10.2 Å². The molecule has 0 radical (unpaired) electrons. The Morgan fingerprint density at radius 2 is 2.18 bits per heavy atom. The normalized spacial score (nSPS) is 10.6. The van der Waals surface area contributed by atoms with Crippen molar-refractivity contribution in [3.63, 3.8) is 0 Å². The van der Waals surface area contributed by atoms with Crippen LogP contribution in [0.1, 0.15) is 0 Å². The van der Waals surface area contributed by atoms with E-state index in [9.17, 15) is 0 Å². The third-order valence-electron chi connectivity index (χ3n) is 2.44. The van der Waals surface area contributed by atoms with Gasteiger partial charge in [0.1, 0.15) is 18.5 Å². The van der Waals surface area contributed by atoms with Crippen molar-refractivity contribution in [2.45, 2.75) is 0 Å². The lowest BCUT2D eigenvalue weighted by Crippen LogP contribution is -1.94. The van der Waals surface area contributed by atoms with Crippen molar-refractivity contribution < 1.29 is 0 Å². The first-order chi connectivity index (χ1) is 8.33. The molecule has 1 aromatic carbocycles. The topological polar surface area (TPSA) is 85.4 Å². The molecule has 0 spiro atoms. The fourth-order valence-electron chi connectivity index (χ4n) is 1.64. The Balaban J connectivity index is 2.05. The molecule has 84 valence electrons. The summed E-state index contributed by atoms with van der Waals surface area (Å²) in [5.41, 5.74) is 8.40. The van der Waals surface area contributed by atoms with E-state index in [1.807, 2.05) is 24.3 Å². The zero-order valence-electron chi connectivity index (χ0n) is 8.91. The van der Waals surface area contributed by atoms with Gasteiger partial charge >= 0.3 is 0 Å². The summed E-state index contributed by atoms with van der Waals surface area (Å²) in [4.78, 5) is 3.92. The van der Waals surface area contributed by atoms with Gasteiger partial charge in [-0.1, -0.05) is 12.1 Å². The highest BCUT2D eigenvalue weighted by Crippen LogP contribution is 2.20. The van der Waals surface area contributed by atoms with Crippen LogP contribution in [0.2, 0.25) is 0 Å². The molecule has 0 bridgehead atoms. The number of nitrogens with zero attached hydrogens (tertiary/aromatic N) is 4. The molecule has 0 amide bonds. The van der Waals surface area contributed by atoms with Crippen molar-refractivity contribution in [2.75, 3.05) is 5.73 Å². The lowest BCUT2D eigenvalue weighted by Gasteiger charge is -2.02. The molecule has 0 saturated carbocycles. The van der Waals surface area contributed by atoms with Crippen molar-refractivity contribution >= 4 is 5.82 Å². The lowest BCUT2D eigenvalue weighted by atomic mass is 10.1. The molecular weight excluding hydrogens is 216 g/mol. The van der Waals surface area contributed by atoms with E-state index < -0.39 is 0 Å². The second-order valence-electron chi connectivity index (χ2n) is 3.60. The smallest absolute Gasteiger partial charge is 0.145 e. The van der Waals surface area contributed by atoms with Crippen molar-refractivity contribution in [1.82, 2.24) is 25.0 Å². The average Bonchev–Trinajstić information content (AvgIpc) is 3.00. The lowest BCUT2D eigenvalue weighted by molar-refractivity contribution is 0.879. The van der Waals surface area contributed by atoms with Crippen LogP contribution in [-0.4, -0.2) is 25.0 Å². The fraction of sp³-hybridized carbons (Fsp3) is 0. The highest BCUT2D eigenvalue weighted by molar-refractivity contribution is 5.64. The Labute approximate surface area is 97.1 Å². The summed E-state index contributed by atoms with van der Waals surface area (Å²) in [5, 5.41) is 10.9. The minimum atomic E-state index is 0.478. The molecule has 0 aliphatic rings. The molecule has 2 aromatic heterocycles. The van der Waals surface area contributed by atoms with Crippen molar-refractivity contribution in [1.29, 1.82) is 0 Å². The molecule has 0 saturated heterocycles. The average molecular weight is 226 g/mol. The first-order valence-electron chi connectivity index (χ1n) is 5.09. The number of anilines is 1. The van der Waals surface area contributed by atoms with E-state index in [2.05, 4.69) is 20.3 Å². The summed E-state index contributed by atoms with van der Waals surface area (Å²) in [7, 11) is 0. The van der Waals surface area contributed by atoms with Crippen molar-refractivity contribution in [3.05, 3.63) is 43.0 Å². The number of hydrogen-bond donors (Lipinski definition) is 2. The van der Waals surface area contributed by atoms with Crippen molar-refractivity contribution in [3.8, 4) is 16.9 Å². The number of hydrogen-bond acceptors (Lipinski definition) is 4. The monoisotopic (exact) mass is 226 g/mol. The Morgan fingerprint density at radius 3 is 2.88 bits per heavy atom. The van der Waals surface area contributed by atoms with Crippen LogP contribution in [0.3, 0.4) is 0 Å². The van der Waals surface area contributed by atoms with Crippen LogP contribution in [-0.2, 0) is 0 Å². The van der Waals surface area contributed by atoms with E-state index in [-0.39, 0.29) is 0 Å². The molecule has 0 aliphatic carbocycles. The third-order valence-corrected chi connectivity index (χ3v) is 2.44. The summed E-state index contributed by atoms with van der Waals surface area (Å²) in [6.07, 6.45) is 3.15. The number of benzene rings is 1. The predicted octanol–water partition coefficient (Wildman–Crippen LogP) is 1.24. The molecule has 17 heavy (non-hydrogen) atoms. The van der Waals surface area contributed by atoms with Gasteiger partial charge in [0.2, 0.25) is 0 Å². The van der Waals surface area contributed by atoms with Gasteiger partial charge in [0.15, 0.2) is 0 Å². The largest absolute Gasteiger partial charge is 0.382 e. The van der Waals surface area contributed by atoms with E-state index in [0.29, 0.717) is 5.82 Å². The van der Waals surface area contributed by atoms with Gasteiger partial charge < -0.3 is 5.73 Å². The molecule has 2 heterocycles. The first kappa shape index (κ1) is 9.59. The van der Waals surface area contributed by atoms with Crippen LogP contribution in [0.15, 0.2) is 43.0 Å². The molecule has 3 N–H and O–H groups in total. The minimum absolute atomic E-state index is 0.478. The van der Waals surface area contributed by atoms with E-state index in [0.717, 1.165) is 16.9 Å². The summed E-state index contributed by atoms with van der Waals surface area (Å²) < 4.78 is 1.70. The molecule has 3 rings (SSSR count). The predicted molar refractivity (Wildman–Crippen MR) is 63.4 cm³/mol. The van der Waals surface area contributed by atoms with Gasteiger partial charge in [0.25, 0.3) is 0 Å². The van der Waals surface area contributed by atoms with E-state index in [4.69, 9.17) is 5.73 Å². The van der Waals surface area contributed by atoms with Gasteiger partial charge in [-0.15, -0.1) is 0 Å². The quantitative estimate of drug-likeness (QED) is 0.688. The highest BCUT2D eigenvalue weighted by atomic mass is 15.3. The molecule has 0 aliphatic heterocycles. The van der Waals surface area contributed by atoms with Gasteiger partial charge in [0, 0.05) is 11.6 Å². The summed E-state index contributed by atoms with van der Waals surface area (Å²) in [6.45, 7) is 0. The van der Waals surface area contributed by atoms with E-state index in [1.54, 1.807) is 17.1 Å². The second kappa shape index (κ2) is 3.75. The Kier molecular flexibility index (Phi) is 2.11. The van der Waals surface area contributed by atoms with Crippen LogP contribution < -0.4 is 5.73 Å². The van der Waals surface area contributed by atoms with Crippen LogP contribution in [0.5, 0.6) is 0 Å². The second-order valence-corrected chi connectivity index (χ2v) is 3.60. The maximum absolute atomic E-state index is 5.58. The SMILES string of the molecule is Nc1cc(-c2cccc(-n3cncn3)c2)[nH]n1. The van der Waals surface area contributed by atoms with Gasteiger partial charge in [-0.05, 0) is 12.1 Å². The van der Waals surface area contributed by atoms with E-state index in [1.165, 1.54) is 6.33 Å². The summed E-state index contributed by atoms with van der Waals surface area (Å²) in [6, 6.07) is 9.66. The Hall–Kier alpha value is -2.63. The number of aromatic nitrogens is 5. The Morgan fingerprint density at radius 1 is 1.24 bits per heavy atom. The van der Waals surface area contributed by atoms with Crippen LogP contribution in [0.25, 0.3) is 16.9 Å². The van der Waals surface area contributed by atoms with Gasteiger partial charge in [-0.3, -0.25) is 5.10 Å². The van der Waals surface area contributed by atoms with Gasteiger partial charge in [-0.25, -0.2) is 9.67 Å². The standard InChI is InChI=1S/C11H10N6/c12-11-5-10(15-16-11)8-2-1-3-9(4-8)17-7-13-6-14-17/h1-7H,(H3,12,15,16). The summed E-state index contributed by atoms with van der Waals surface area (Å²) >= 11 is 0. The molecule has 0 fully saturated rings. The number of aromatic amines is 1. The first-order valence-corrected chi connectivity index (χ1v) is 5.09. The van der Waals surface area contributed by atoms with Crippen LogP contribution in [0.4, 0.5) is 5.82 Å². The van der Waals surface area contributed by atoms with Crippen LogP contribution >= 0.6 is 0 Å². The zero-order chi connectivity index (χ0) is 11.7. The number of nitrogens with two attached hydrogens (primary N) is 1. The fourth-order valence-corrected chi connectivity index (χ4v) is 1.64. The number of rotatable bonds is 2. The molecule has 6 heteroatoms. The third kappa shape index (κ3) is 1.76. The molecule has 6 nitrogen and oxygen atoms in total.